The molecule has 1 unspecified atom stereocenters. The standard InChI is InChI=1S/C20H23O3P/c1-14-11-16(20(3,4)5)12-15(2)18(14)19(22)24(23,13-21)17-9-7-6-8-10-17/h6-13H,1-5H3. The predicted octanol–water partition coefficient (Wildman–Crippen LogP) is 4.62. The van der Waals surface area contributed by atoms with Crippen molar-refractivity contribution in [1.29, 1.82) is 0 Å². The summed E-state index contributed by atoms with van der Waals surface area (Å²) in [6.45, 7) is 9.96. The number of aryl methyl sites for hydroxylation is 2. The van der Waals surface area contributed by atoms with Crippen LogP contribution in [0.2, 0.25) is 0 Å². The van der Waals surface area contributed by atoms with Crippen LogP contribution < -0.4 is 5.30 Å². The number of carbonyl (C=O) groups excluding carboxylic acids is 2. The van der Waals surface area contributed by atoms with Gasteiger partial charge in [-0.3, -0.25) is 9.59 Å². The van der Waals surface area contributed by atoms with Crippen molar-refractivity contribution < 1.29 is 14.2 Å². The lowest BCUT2D eigenvalue weighted by molar-refractivity contribution is 0.107. The Morgan fingerprint density at radius 3 is 1.92 bits per heavy atom. The minimum Gasteiger partial charge on any atom is -0.302 e. The fourth-order valence-electron chi connectivity index (χ4n) is 2.78. The molecule has 0 aliphatic rings. The summed E-state index contributed by atoms with van der Waals surface area (Å²) in [5, 5.41) is 0.281. The normalized spacial score (nSPS) is 14.0. The summed E-state index contributed by atoms with van der Waals surface area (Å²) in [6, 6.07) is 12.5. The molecule has 0 aliphatic heterocycles. The van der Waals surface area contributed by atoms with E-state index in [2.05, 4.69) is 20.8 Å². The van der Waals surface area contributed by atoms with Crippen LogP contribution in [-0.2, 0) is 14.8 Å². The SMILES string of the molecule is Cc1cc(C(C)(C)C)cc(C)c1C(=O)P(=O)(C=O)c1ccccc1. The Balaban J connectivity index is 2.62. The van der Waals surface area contributed by atoms with Crippen LogP contribution in [0.4, 0.5) is 0 Å². The van der Waals surface area contributed by atoms with Crippen molar-refractivity contribution in [2.24, 2.45) is 0 Å². The maximum Gasteiger partial charge on any atom is 0.240 e. The minimum absolute atomic E-state index is 0.0507. The lowest BCUT2D eigenvalue weighted by Crippen LogP contribution is -2.18. The van der Waals surface area contributed by atoms with Crippen molar-refractivity contribution in [2.45, 2.75) is 40.0 Å². The molecule has 0 saturated heterocycles. The van der Waals surface area contributed by atoms with Crippen molar-refractivity contribution in [1.82, 2.24) is 0 Å². The highest BCUT2D eigenvalue weighted by Gasteiger charge is 2.36. The van der Waals surface area contributed by atoms with Crippen molar-refractivity contribution in [2.75, 3.05) is 0 Å². The van der Waals surface area contributed by atoms with Gasteiger partial charge < -0.3 is 4.57 Å². The summed E-state index contributed by atoms with van der Waals surface area (Å²) in [7, 11) is -3.79. The van der Waals surface area contributed by atoms with Crippen LogP contribution in [0.5, 0.6) is 0 Å². The van der Waals surface area contributed by atoms with Gasteiger partial charge in [-0.05, 0) is 36.0 Å². The first-order chi connectivity index (χ1) is 11.1. The molecule has 0 N–H and O–H groups in total. The molecule has 0 saturated carbocycles. The van der Waals surface area contributed by atoms with Gasteiger partial charge in [0.25, 0.3) is 0 Å². The molecule has 24 heavy (non-hydrogen) atoms. The fourth-order valence-corrected chi connectivity index (χ4v) is 4.53. The van der Waals surface area contributed by atoms with Gasteiger partial charge in [-0.15, -0.1) is 0 Å². The Kier molecular flexibility index (Phi) is 4.96. The summed E-state index contributed by atoms with van der Waals surface area (Å²) >= 11 is 0. The topological polar surface area (TPSA) is 51.2 Å². The highest BCUT2D eigenvalue weighted by Crippen LogP contribution is 2.46. The maximum atomic E-state index is 13.2. The molecule has 4 heteroatoms. The Morgan fingerprint density at radius 2 is 1.50 bits per heavy atom. The molecule has 0 amide bonds. The summed E-state index contributed by atoms with van der Waals surface area (Å²) in [4.78, 5) is 24.6. The molecule has 1 atom stereocenters. The molecule has 0 spiro atoms. The fraction of sp³-hybridized carbons (Fsp3) is 0.300. The van der Waals surface area contributed by atoms with Crippen molar-refractivity contribution >= 4 is 24.0 Å². The molecule has 0 radical (unpaired) electrons. The summed E-state index contributed by atoms with van der Waals surface area (Å²) < 4.78 is 13.2. The van der Waals surface area contributed by atoms with Gasteiger partial charge in [0.05, 0.1) is 0 Å². The van der Waals surface area contributed by atoms with E-state index in [0.717, 1.165) is 16.7 Å². The minimum atomic E-state index is -3.79. The van der Waals surface area contributed by atoms with Crippen molar-refractivity contribution in [3.63, 3.8) is 0 Å². The molecule has 0 aliphatic carbocycles. The first-order valence-electron chi connectivity index (χ1n) is 7.89. The van der Waals surface area contributed by atoms with E-state index in [0.29, 0.717) is 11.6 Å². The highest BCUT2D eigenvalue weighted by atomic mass is 31.2. The van der Waals surface area contributed by atoms with Crippen LogP contribution in [0.25, 0.3) is 0 Å². The highest BCUT2D eigenvalue weighted by molar-refractivity contribution is 7.98. The molecular formula is C20H23O3P. The number of hydrogen-bond donors (Lipinski definition) is 0. The summed E-state index contributed by atoms with van der Waals surface area (Å²) in [5.41, 5.74) is 2.37. The molecule has 2 aromatic rings. The molecule has 3 nitrogen and oxygen atoms in total. The Labute approximate surface area is 143 Å². The monoisotopic (exact) mass is 342 g/mol. The van der Waals surface area contributed by atoms with E-state index in [1.165, 1.54) is 0 Å². The summed E-state index contributed by atoms with van der Waals surface area (Å²) in [5.74, 6) is 0. The molecule has 0 aromatic heterocycles. The number of benzene rings is 2. The molecule has 0 heterocycles. The van der Waals surface area contributed by atoms with Gasteiger partial charge in [-0.1, -0.05) is 63.2 Å². The average molecular weight is 342 g/mol. The average Bonchev–Trinajstić information content (AvgIpc) is 2.53. The lowest BCUT2D eigenvalue weighted by atomic mass is 9.84. The molecule has 0 fully saturated rings. The van der Waals surface area contributed by atoms with Crippen LogP contribution in [0, 0.1) is 13.8 Å². The number of carbonyl (C=O) groups is 2. The first kappa shape index (κ1) is 18.4. The van der Waals surface area contributed by atoms with Gasteiger partial charge in [-0.2, -0.15) is 0 Å². The van der Waals surface area contributed by atoms with Crippen molar-refractivity contribution in [3.8, 4) is 0 Å². The van der Waals surface area contributed by atoms with Gasteiger partial charge in [0.15, 0.2) is 6.03 Å². The van der Waals surface area contributed by atoms with Gasteiger partial charge in [0, 0.05) is 10.9 Å². The second-order valence-electron chi connectivity index (χ2n) is 7.14. The molecule has 0 bridgehead atoms. The van der Waals surface area contributed by atoms with Crippen LogP contribution in [0.15, 0.2) is 42.5 Å². The molecular weight excluding hydrogens is 319 g/mol. The quantitative estimate of drug-likeness (QED) is 0.602. The third-order valence-electron chi connectivity index (χ3n) is 4.20. The number of rotatable bonds is 4. The van der Waals surface area contributed by atoms with Crippen molar-refractivity contribution in [3.05, 3.63) is 64.7 Å². The third kappa shape index (κ3) is 3.27. The Bertz CT molecular complexity index is 807. The van der Waals surface area contributed by atoms with Gasteiger partial charge >= 0.3 is 0 Å². The van der Waals surface area contributed by atoms with Crippen LogP contribution in [0.1, 0.15) is 47.8 Å². The van der Waals surface area contributed by atoms with Crippen LogP contribution in [-0.4, -0.2) is 11.6 Å². The number of hydrogen-bond acceptors (Lipinski definition) is 3. The molecule has 2 aromatic carbocycles. The zero-order valence-corrected chi connectivity index (χ0v) is 15.7. The lowest BCUT2D eigenvalue weighted by Gasteiger charge is -2.22. The first-order valence-corrected chi connectivity index (χ1v) is 9.67. The van der Waals surface area contributed by atoms with E-state index in [-0.39, 0.29) is 10.7 Å². The summed E-state index contributed by atoms with van der Waals surface area (Å²) in [6.07, 6.45) is 0. The van der Waals surface area contributed by atoms with Gasteiger partial charge in [-0.25, -0.2) is 0 Å². The van der Waals surface area contributed by atoms with E-state index in [9.17, 15) is 14.2 Å². The molecule has 2 rings (SSSR count). The zero-order chi connectivity index (χ0) is 18.1. The van der Waals surface area contributed by atoms with E-state index in [1.807, 2.05) is 26.0 Å². The zero-order valence-electron chi connectivity index (χ0n) is 14.8. The third-order valence-corrected chi connectivity index (χ3v) is 6.39. The largest absolute Gasteiger partial charge is 0.302 e. The second kappa shape index (κ2) is 6.49. The van der Waals surface area contributed by atoms with Crippen LogP contribution in [0.3, 0.4) is 0 Å². The second-order valence-corrected chi connectivity index (χ2v) is 9.59. The molecule has 126 valence electrons. The van der Waals surface area contributed by atoms with Crippen LogP contribution >= 0.6 is 7.14 Å². The van der Waals surface area contributed by atoms with Gasteiger partial charge in [0.2, 0.25) is 12.7 Å². The van der Waals surface area contributed by atoms with E-state index >= 15 is 0 Å². The van der Waals surface area contributed by atoms with E-state index in [4.69, 9.17) is 0 Å². The smallest absolute Gasteiger partial charge is 0.240 e. The Hall–Kier alpha value is -1.99. The predicted molar refractivity (Wildman–Crippen MR) is 99.4 cm³/mol. The van der Waals surface area contributed by atoms with Gasteiger partial charge in [0.1, 0.15) is 0 Å². The Morgan fingerprint density at radius 1 is 1.00 bits per heavy atom. The van der Waals surface area contributed by atoms with E-state index in [1.54, 1.807) is 30.3 Å². The maximum absolute atomic E-state index is 13.2. The van der Waals surface area contributed by atoms with E-state index < -0.39 is 12.7 Å².